The van der Waals surface area contributed by atoms with Crippen LogP contribution in [0, 0.1) is 0 Å². The standard InChI is InChI=1S/C18H22N6O3/c1-25-15-10-13(11-16(26-2)17(15)27-3)14-12-20-23-18(22-14)19-6-4-8-24-9-5-7-21-24/h5,7,9-12H,4,6,8H2,1-3H3,(H,19,22,23). The zero-order valence-electron chi connectivity index (χ0n) is 15.5. The van der Waals surface area contributed by atoms with Gasteiger partial charge in [-0.25, -0.2) is 4.98 Å². The minimum atomic E-state index is 0.460. The van der Waals surface area contributed by atoms with Gasteiger partial charge < -0.3 is 19.5 Å². The van der Waals surface area contributed by atoms with Gasteiger partial charge in [0.2, 0.25) is 11.7 Å². The fourth-order valence-electron chi connectivity index (χ4n) is 2.62. The van der Waals surface area contributed by atoms with E-state index in [1.165, 1.54) is 0 Å². The average molecular weight is 370 g/mol. The summed E-state index contributed by atoms with van der Waals surface area (Å²) in [5.41, 5.74) is 1.44. The van der Waals surface area contributed by atoms with Gasteiger partial charge in [-0.1, -0.05) is 0 Å². The summed E-state index contributed by atoms with van der Waals surface area (Å²) in [6.45, 7) is 1.53. The largest absolute Gasteiger partial charge is 0.493 e. The molecule has 27 heavy (non-hydrogen) atoms. The summed E-state index contributed by atoms with van der Waals surface area (Å²) in [6, 6.07) is 5.56. The van der Waals surface area contributed by atoms with Gasteiger partial charge in [-0.05, 0) is 24.6 Å². The van der Waals surface area contributed by atoms with Gasteiger partial charge in [0.25, 0.3) is 0 Å². The number of nitrogens with zero attached hydrogens (tertiary/aromatic N) is 5. The van der Waals surface area contributed by atoms with Gasteiger partial charge >= 0.3 is 0 Å². The van der Waals surface area contributed by atoms with E-state index in [2.05, 4.69) is 25.6 Å². The van der Waals surface area contributed by atoms with Crippen LogP contribution in [-0.2, 0) is 6.54 Å². The van der Waals surface area contributed by atoms with Crippen molar-refractivity contribution in [2.45, 2.75) is 13.0 Å². The molecule has 0 bridgehead atoms. The maximum absolute atomic E-state index is 5.39. The number of hydrogen-bond acceptors (Lipinski definition) is 8. The van der Waals surface area contributed by atoms with Crippen LogP contribution in [-0.4, -0.2) is 52.8 Å². The predicted octanol–water partition coefficient (Wildman–Crippen LogP) is 2.26. The van der Waals surface area contributed by atoms with Crippen LogP contribution in [0.25, 0.3) is 11.3 Å². The lowest BCUT2D eigenvalue weighted by molar-refractivity contribution is 0.324. The number of benzene rings is 1. The van der Waals surface area contributed by atoms with Gasteiger partial charge in [-0.3, -0.25) is 4.68 Å². The third-order valence-electron chi connectivity index (χ3n) is 3.93. The number of hydrogen-bond donors (Lipinski definition) is 1. The molecule has 0 saturated heterocycles. The van der Waals surface area contributed by atoms with E-state index in [1.54, 1.807) is 33.7 Å². The average Bonchev–Trinajstić information content (AvgIpc) is 3.23. The number of ether oxygens (including phenoxy) is 3. The minimum Gasteiger partial charge on any atom is -0.493 e. The van der Waals surface area contributed by atoms with Crippen LogP contribution in [0.5, 0.6) is 17.2 Å². The molecule has 0 aliphatic rings. The number of aromatic nitrogens is 5. The first kappa shape index (κ1) is 18.4. The van der Waals surface area contributed by atoms with Gasteiger partial charge in [0.05, 0.1) is 33.2 Å². The Morgan fingerprint density at radius 2 is 1.85 bits per heavy atom. The molecule has 142 valence electrons. The highest BCUT2D eigenvalue weighted by Gasteiger charge is 2.15. The van der Waals surface area contributed by atoms with Crippen molar-refractivity contribution in [3.63, 3.8) is 0 Å². The van der Waals surface area contributed by atoms with Crippen molar-refractivity contribution in [2.24, 2.45) is 0 Å². The van der Waals surface area contributed by atoms with Crippen molar-refractivity contribution >= 4 is 5.95 Å². The van der Waals surface area contributed by atoms with E-state index in [4.69, 9.17) is 14.2 Å². The fraction of sp³-hybridized carbons (Fsp3) is 0.333. The molecule has 9 heteroatoms. The smallest absolute Gasteiger partial charge is 0.243 e. The Hall–Kier alpha value is -3.36. The van der Waals surface area contributed by atoms with E-state index in [-0.39, 0.29) is 0 Å². The molecular weight excluding hydrogens is 348 g/mol. The summed E-state index contributed by atoms with van der Waals surface area (Å²) in [7, 11) is 4.72. The molecule has 0 aliphatic carbocycles. The molecule has 1 aromatic carbocycles. The molecule has 0 radical (unpaired) electrons. The lowest BCUT2D eigenvalue weighted by atomic mass is 10.1. The Labute approximate surface area is 157 Å². The lowest BCUT2D eigenvalue weighted by Gasteiger charge is -2.14. The number of anilines is 1. The molecular formula is C18H22N6O3. The Morgan fingerprint density at radius 1 is 1.07 bits per heavy atom. The molecule has 0 saturated carbocycles. The van der Waals surface area contributed by atoms with Crippen LogP contribution < -0.4 is 19.5 Å². The van der Waals surface area contributed by atoms with Crippen LogP contribution in [0.2, 0.25) is 0 Å². The van der Waals surface area contributed by atoms with Crippen molar-refractivity contribution in [1.29, 1.82) is 0 Å². The van der Waals surface area contributed by atoms with E-state index in [1.807, 2.05) is 29.1 Å². The quantitative estimate of drug-likeness (QED) is 0.573. The summed E-state index contributed by atoms with van der Waals surface area (Å²) in [4.78, 5) is 4.52. The molecule has 3 rings (SSSR count). The second-order valence-corrected chi connectivity index (χ2v) is 5.63. The zero-order valence-corrected chi connectivity index (χ0v) is 15.5. The maximum Gasteiger partial charge on any atom is 0.243 e. The van der Waals surface area contributed by atoms with Crippen molar-refractivity contribution < 1.29 is 14.2 Å². The molecule has 2 aromatic heterocycles. The summed E-state index contributed by atoms with van der Waals surface area (Å²) in [5, 5.41) is 15.4. The number of nitrogens with one attached hydrogen (secondary N) is 1. The topological polar surface area (TPSA) is 96.2 Å². The monoisotopic (exact) mass is 370 g/mol. The van der Waals surface area contributed by atoms with Gasteiger partial charge in [-0.15, -0.1) is 5.10 Å². The van der Waals surface area contributed by atoms with Crippen LogP contribution in [0.15, 0.2) is 36.8 Å². The van der Waals surface area contributed by atoms with E-state index >= 15 is 0 Å². The first-order chi connectivity index (χ1) is 13.2. The van der Waals surface area contributed by atoms with Crippen molar-refractivity contribution in [1.82, 2.24) is 25.0 Å². The van der Waals surface area contributed by atoms with Crippen LogP contribution in [0.4, 0.5) is 5.95 Å². The summed E-state index contributed by atoms with van der Waals surface area (Å²) in [6.07, 6.45) is 6.18. The molecule has 0 amide bonds. The zero-order chi connectivity index (χ0) is 19.1. The highest BCUT2D eigenvalue weighted by molar-refractivity contribution is 5.68. The summed E-state index contributed by atoms with van der Waals surface area (Å²) < 4.78 is 18.0. The van der Waals surface area contributed by atoms with Crippen LogP contribution in [0.1, 0.15) is 6.42 Å². The Bertz CT molecular complexity index is 844. The Kier molecular flexibility index (Phi) is 6.03. The normalized spacial score (nSPS) is 10.5. The fourth-order valence-corrected chi connectivity index (χ4v) is 2.62. The van der Waals surface area contributed by atoms with E-state index in [9.17, 15) is 0 Å². The molecule has 0 unspecified atom stereocenters. The van der Waals surface area contributed by atoms with E-state index in [0.29, 0.717) is 35.4 Å². The Morgan fingerprint density at radius 3 is 2.48 bits per heavy atom. The van der Waals surface area contributed by atoms with Crippen molar-refractivity contribution in [3.8, 4) is 28.5 Å². The molecule has 0 spiro atoms. The number of aryl methyl sites for hydroxylation is 1. The van der Waals surface area contributed by atoms with Crippen molar-refractivity contribution in [2.75, 3.05) is 33.2 Å². The van der Waals surface area contributed by atoms with E-state index < -0.39 is 0 Å². The molecule has 0 atom stereocenters. The highest BCUT2D eigenvalue weighted by Crippen LogP contribution is 2.40. The van der Waals surface area contributed by atoms with Gasteiger partial charge in [0.1, 0.15) is 0 Å². The molecule has 0 aliphatic heterocycles. The molecule has 0 fully saturated rings. The SMILES string of the molecule is COc1cc(-c2cnnc(NCCCn3cccn3)n2)cc(OC)c1OC. The number of methoxy groups -OCH3 is 3. The molecule has 9 nitrogen and oxygen atoms in total. The third-order valence-corrected chi connectivity index (χ3v) is 3.93. The molecule has 2 heterocycles. The maximum atomic E-state index is 5.39. The van der Waals surface area contributed by atoms with Gasteiger partial charge in [-0.2, -0.15) is 10.2 Å². The first-order valence-electron chi connectivity index (χ1n) is 8.46. The third kappa shape index (κ3) is 4.43. The van der Waals surface area contributed by atoms with Crippen LogP contribution in [0.3, 0.4) is 0 Å². The minimum absolute atomic E-state index is 0.460. The summed E-state index contributed by atoms with van der Waals surface area (Å²) >= 11 is 0. The number of rotatable bonds is 9. The van der Waals surface area contributed by atoms with Crippen molar-refractivity contribution in [3.05, 3.63) is 36.8 Å². The molecule has 3 aromatic rings. The highest BCUT2D eigenvalue weighted by atomic mass is 16.5. The lowest BCUT2D eigenvalue weighted by Crippen LogP contribution is -2.10. The van der Waals surface area contributed by atoms with E-state index in [0.717, 1.165) is 18.5 Å². The predicted molar refractivity (Wildman–Crippen MR) is 100 cm³/mol. The second kappa shape index (κ2) is 8.84. The second-order valence-electron chi connectivity index (χ2n) is 5.63. The first-order valence-corrected chi connectivity index (χ1v) is 8.46. The van der Waals surface area contributed by atoms with Gasteiger partial charge in [0.15, 0.2) is 11.5 Å². The van der Waals surface area contributed by atoms with Gasteiger partial charge in [0, 0.05) is 31.0 Å². The Balaban J connectivity index is 1.72. The summed E-state index contributed by atoms with van der Waals surface area (Å²) in [5.74, 6) is 2.10. The molecule has 1 N–H and O–H groups in total. The van der Waals surface area contributed by atoms with Crippen LogP contribution >= 0.6 is 0 Å².